The van der Waals surface area contributed by atoms with E-state index in [2.05, 4.69) is 100 Å². The summed E-state index contributed by atoms with van der Waals surface area (Å²) in [6, 6.07) is 24.3. The van der Waals surface area contributed by atoms with E-state index in [-0.39, 0.29) is 0 Å². The van der Waals surface area contributed by atoms with Crippen molar-refractivity contribution in [3.05, 3.63) is 77.9 Å². The molecule has 0 amide bonds. The van der Waals surface area contributed by atoms with Gasteiger partial charge in [-0.1, -0.05) is 54.6 Å². The van der Waals surface area contributed by atoms with Gasteiger partial charge in [0, 0.05) is 99.6 Å². The molecule has 2 aliphatic rings. The third-order valence-electron chi connectivity index (χ3n) is 8.08. The SMILES string of the molecule is CN1CCN(CCSCc2ccc(-c3cccc(-c4ccc(CSCCN5CCN(C)CC5)cc4)n3)cc2)CC1. The first-order chi connectivity index (χ1) is 19.6. The van der Waals surface area contributed by atoms with Crippen LogP contribution in [0.1, 0.15) is 11.1 Å². The van der Waals surface area contributed by atoms with E-state index >= 15 is 0 Å². The summed E-state index contributed by atoms with van der Waals surface area (Å²) in [7, 11) is 4.44. The number of rotatable bonds is 12. The quantitative estimate of drug-likeness (QED) is 0.268. The van der Waals surface area contributed by atoms with Crippen LogP contribution in [0, 0.1) is 0 Å². The number of piperazine rings is 2. The van der Waals surface area contributed by atoms with E-state index in [1.54, 1.807) is 0 Å². The molecule has 0 bridgehead atoms. The Morgan fingerprint density at radius 1 is 0.550 bits per heavy atom. The highest BCUT2D eigenvalue weighted by molar-refractivity contribution is 7.98. The molecule has 40 heavy (non-hydrogen) atoms. The van der Waals surface area contributed by atoms with Gasteiger partial charge in [0.15, 0.2) is 0 Å². The summed E-state index contributed by atoms with van der Waals surface area (Å²) in [5, 5.41) is 0. The minimum Gasteiger partial charge on any atom is -0.304 e. The Morgan fingerprint density at radius 2 is 0.950 bits per heavy atom. The number of nitrogens with zero attached hydrogens (tertiary/aromatic N) is 5. The molecule has 0 saturated carbocycles. The van der Waals surface area contributed by atoms with E-state index in [4.69, 9.17) is 4.98 Å². The zero-order valence-electron chi connectivity index (χ0n) is 24.3. The van der Waals surface area contributed by atoms with Gasteiger partial charge >= 0.3 is 0 Å². The molecular weight excluding hydrogens is 531 g/mol. The van der Waals surface area contributed by atoms with Crippen LogP contribution in [0.2, 0.25) is 0 Å². The normalized spacial score (nSPS) is 17.9. The van der Waals surface area contributed by atoms with E-state index in [0.717, 1.165) is 22.9 Å². The molecule has 2 fully saturated rings. The van der Waals surface area contributed by atoms with Gasteiger partial charge in [-0.25, -0.2) is 4.98 Å². The van der Waals surface area contributed by atoms with Crippen LogP contribution in [-0.4, -0.2) is 116 Å². The summed E-state index contributed by atoms with van der Waals surface area (Å²) in [4.78, 5) is 15.0. The van der Waals surface area contributed by atoms with Gasteiger partial charge in [0.05, 0.1) is 11.4 Å². The van der Waals surface area contributed by atoms with Crippen molar-refractivity contribution in [3.63, 3.8) is 0 Å². The number of hydrogen-bond donors (Lipinski definition) is 0. The van der Waals surface area contributed by atoms with Crippen molar-refractivity contribution >= 4 is 23.5 Å². The fraction of sp³-hybridized carbons (Fsp3) is 0.485. The minimum atomic E-state index is 1.04. The monoisotopic (exact) mass is 575 g/mol. The molecule has 3 heterocycles. The molecule has 7 heteroatoms. The number of benzene rings is 2. The van der Waals surface area contributed by atoms with Gasteiger partial charge in [-0.3, -0.25) is 9.80 Å². The van der Waals surface area contributed by atoms with E-state index < -0.39 is 0 Å². The Labute approximate surface area is 250 Å². The van der Waals surface area contributed by atoms with E-state index in [1.165, 1.54) is 99.2 Å². The van der Waals surface area contributed by atoms with Crippen molar-refractivity contribution in [1.82, 2.24) is 24.6 Å². The van der Waals surface area contributed by atoms with E-state index in [0.29, 0.717) is 0 Å². The highest BCUT2D eigenvalue weighted by Crippen LogP contribution is 2.25. The number of likely N-dealkylation sites (N-methyl/N-ethyl adjacent to an activating group) is 2. The predicted octanol–water partition coefficient (Wildman–Crippen LogP) is 5.38. The summed E-state index contributed by atoms with van der Waals surface area (Å²) in [5.41, 5.74) is 7.22. The highest BCUT2D eigenvalue weighted by atomic mass is 32.2. The molecule has 0 radical (unpaired) electrons. The van der Waals surface area contributed by atoms with Crippen molar-refractivity contribution in [1.29, 1.82) is 0 Å². The maximum Gasteiger partial charge on any atom is 0.0709 e. The van der Waals surface area contributed by atoms with Crippen LogP contribution in [0.15, 0.2) is 66.7 Å². The Hall–Kier alpha value is -1.87. The average Bonchev–Trinajstić information content (AvgIpc) is 3.00. The van der Waals surface area contributed by atoms with Gasteiger partial charge < -0.3 is 9.80 Å². The first kappa shape index (κ1) is 29.6. The number of pyridine rings is 1. The molecule has 5 nitrogen and oxygen atoms in total. The fourth-order valence-corrected chi connectivity index (χ4v) is 7.13. The second-order valence-electron chi connectivity index (χ2n) is 11.2. The van der Waals surface area contributed by atoms with E-state index in [1.807, 2.05) is 23.5 Å². The molecule has 0 atom stereocenters. The van der Waals surface area contributed by atoms with Crippen LogP contribution in [0.3, 0.4) is 0 Å². The topological polar surface area (TPSA) is 25.9 Å². The summed E-state index contributed by atoms with van der Waals surface area (Å²) in [6.45, 7) is 12.0. The van der Waals surface area contributed by atoms with Crippen LogP contribution in [0.5, 0.6) is 0 Å². The minimum absolute atomic E-state index is 1.04. The lowest BCUT2D eigenvalue weighted by Gasteiger charge is -2.32. The molecule has 2 saturated heterocycles. The Kier molecular flexibility index (Phi) is 11.4. The van der Waals surface area contributed by atoms with Crippen molar-refractivity contribution in [2.45, 2.75) is 11.5 Å². The molecular formula is C33H45N5S2. The standard InChI is InChI=1S/C33H45N5S2/c1-35-14-18-37(19-15-35)22-24-39-26-28-6-10-30(11-7-28)32-4-3-5-33(34-32)31-12-8-29(9-13-31)27-40-25-23-38-20-16-36(2)17-21-38/h3-13H,14-27H2,1-2H3. The maximum absolute atomic E-state index is 5.01. The summed E-state index contributed by atoms with van der Waals surface area (Å²) in [5.74, 6) is 4.54. The molecule has 0 aliphatic carbocycles. The van der Waals surface area contributed by atoms with Crippen molar-refractivity contribution < 1.29 is 0 Å². The second-order valence-corrected chi connectivity index (χ2v) is 13.4. The van der Waals surface area contributed by atoms with Crippen molar-refractivity contribution in [2.75, 3.05) is 91.0 Å². The molecule has 5 rings (SSSR count). The molecule has 0 N–H and O–H groups in total. The molecule has 2 aliphatic heterocycles. The largest absolute Gasteiger partial charge is 0.304 e. The summed E-state index contributed by atoms with van der Waals surface area (Å²) < 4.78 is 0. The average molecular weight is 576 g/mol. The maximum atomic E-state index is 5.01. The number of hydrogen-bond acceptors (Lipinski definition) is 7. The van der Waals surface area contributed by atoms with Crippen LogP contribution in [0.4, 0.5) is 0 Å². The van der Waals surface area contributed by atoms with Crippen molar-refractivity contribution in [3.8, 4) is 22.5 Å². The molecule has 1 aromatic heterocycles. The molecule has 214 valence electrons. The van der Waals surface area contributed by atoms with Gasteiger partial charge in [0.2, 0.25) is 0 Å². The van der Waals surface area contributed by atoms with Crippen LogP contribution in [-0.2, 0) is 11.5 Å². The second kappa shape index (κ2) is 15.4. The zero-order valence-corrected chi connectivity index (χ0v) is 25.9. The molecule has 0 unspecified atom stereocenters. The number of aromatic nitrogens is 1. The third kappa shape index (κ3) is 9.07. The smallest absolute Gasteiger partial charge is 0.0709 e. The third-order valence-corrected chi connectivity index (χ3v) is 10.1. The predicted molar refractivity (Wildman–Crippen MR) is 175 cm³/mol. The molecule has 0 spiro atoms. The molecule has 3 aromatic rings. The van der Waals surface area contributed by atoms with Gasteiger partial charge in [-0.05, 0) is 37.4 Å². The first-order valence-corrected chi connectivity index (χ1v) is 17.1. The lowest BCUT2D eigenvalue weighted by molar-refractivity contribution is 0.161. The lowest BCUT2D eigenvalue weighted by Crippen LogP contribution is -2.45. The fourth-order valence-electron chi connectivity index (χ4n) is 5.21. The first-order valence-electron chi connectivity index (χ1n) is 14.8. The van der Waals surface area contributed by atoms with Crippen molar-refractivity contribution in [2.24, 2.45) is 0 Å². The van der Waals surface area contributed by atoms with Gasteiger partial charge in [-0.2, -0.15) is 23.5 Å². The molecule has 2 aromatic carbocycles. The summed E-state index contributed by atoms with van der Waals surface area (Å²) in [6.07, 6.45) is 0. The Morgan fingerprint density at radius 3 is 1.35 bits per heavy atom. The van der Waals surface area contributed by atoms with Gasteiger partial charge in [-0.15, -0.1) is 0 Å². The van der Waals surface area contributed by atoms with Gasteiger partial charge in [0.1, 0.15) is 0 Å². The summed E-state index contributed by atoms with van der Waals surface area (Å²) >= 11 is 4.08. The highest BCUT2D eigenvalue weighted by Gasteiger charge is 2.14. The van der Waals surface area contributed by atoms with Crippen LogP contribution in [0.25, 0.3) is 22.5 Å². The number of thioether (sulfide) groups is 2. The van der Waals surface area contributed by atoms with Crippen LogP contribution >= 0.6 is 23.5 Å². The Bertz CT molecular complexity index is 1070. The van der Waals surface area contributed by atoms with E-state index in [9.17, 15) is 0 Å². The zero-order chi connectivity index (χ0) is 27.6. The Balaban J connectivity index is 1.06. The van der Waals surface area contributed by atoms with Gasteiger partial charge in [0.25, 0.3) is 0 Å². The van der Waals surface area contributed by atoms with Crippen LogP contribution < -0.4 is 0 Å². The lowest BCUT2D eigenvalue weighted by atomic mass is 10.1.